The molecule has 3 atom stereocenters. The average Bonchev–Trinajstić information content (AvgIpc) is 2.47. The first-order chi connectivity index (χ1) is 10.1. The lowest BCUT2D eigenvalue weighted by Crippen LogP contribution is -2.34. The van der Waals surface area contributed by atoms with E-state index in [4.69, 9.17) is 4.74 Å². The molecule has 0 aliphatic heterocycles. The summed E-state index contributed by atoms with van der Waals surface area (Å²) < 4.78 is 5.56. The van der Waals surface area contributed by atoms with Crippen LogP contribution in [0, 0.1) is 11.8 Å². The van der Waals surface area contributed by atoms with E-state index in [0.717, 1.165) is 30.7 Å². The fourth-order valence-corrected chi connectivity index (χ4v) is 3.46. The van der Waals surface area contributed by atoms with Crippen molar-refractivity contribution in [1.82, 2.24) is 5.32 Å². The second-order valence-electron chi connectivity index (χ2n) is 6.85. The molecule has 118 valence electrons. The predicted molar refractivity (Wildman–Crippen MR) is 90.0 cm³/mol. The number of hydrogen-bond donors (Lipinski definition) is 1. The fourth-order valence-electron chi connectivity index (χ4n) is 3.46. The van der Waals surface area contributed by atoms with E-state index in [2.05, 4.69) is 50.4 Å². The molecule has 2 heteroatoms. The first-order valence-electron chi connectivity index (χ1n) is 8.56. The second-order valence-corrected chi connectivity index (χ2v) is 6.85. The molecule has 0 aromatic heterocycles. The average molecular weight is 289 g/mol. The van der Waals surface area contributed by atoms with Gasteiger partial charge in [-0.1, -0.05) is 39.3 Å². The zero-order valence-electron chi connectivity index (χ0n) is 14.1. The van der Waals surface area contributed by atoms with Gasteiger partial charge in [0.15, 0.2) is 0 Å². The van der Waals surface area contributed by atoms with Crippen LogP contribution in [0.1, 0.15) is 58.4 Å². The standard InChI is InChI=1S/C19H31NO/c1-5-21-18-10-8-16(9-11-18)19-12-15(4)6-7-17(19)13-20-14(2)3/h8-11,14-15,17,19-20H,5-7,12-13H2,1-4H3. The van der Waals surface area contributed by atoms with Crippen molar-refractivity contribution in [3.63, 3.8) is 0 Å². The van der Waals surface area contributed by atoms with Crippen molar-refractivity contribution in [1.29, 1.82) is 0 Å². The molecule has 0 heterocycles. The Morgan fingerprint density at radius 2 is 1.90 bits per heavy atom. The molecule has 0 amide bonds. The summed E-state index contributed by atoms with van der Waals surface area (Å²) in [5.74, 6) is 3.29. The van der Waals surface area contributed by atoms with E-state index >= 15 is 0 Å². The van der Waals surface area contributed by atoms with Gasteiger partial charge in [-0.15, -0.1) is 0 Å². The second kappa shape index (κ2) is 7.84. The SMILES string of the molecule is CCOc1ccc(C2CC(C)CCC2CNC(C)C)cc1. The van der Waals surface area contributed by atoms with E-state index in [-0.39, 0.29) is 0 Å². The lowest BCUT2D eigenvalue weighted by Gasteiger charge is -2.36. The Morgan fingerprint density at radius 3 is 2.52 bits per heavy atom. The van der Waals surface area contributed by atoms with Crippen LogP contribution in [-0.2, 0) is 0 Å². The number of nitrogens with one attached hydrogen (secondary N) is 1. The summed E-state index contributed by atoms with van der Waals surface area (Å²) in [5, 5.41) is 3.64. The van der Waals surface area contributed by atoms with Gasteiger partial charge in [0, 0.05) is 6.04 Å². The van der Waals surface area contributed by atoms with Gasteiger partial charge in [-0.2, -0.15) is 0 Å². The molecule has 21 heavy (non-hydrogen) atoms. The summed E-state index contributed by atoms with van der Waals surface area (Å²) in [5.41, 5.74) is 1.49. The maximum Gasteiger partial charge on any atom is 0.119 e. The molecule has 1 saturated carbocycles. The molecule has 2 nitrogen and oxygen atoms in total. The number of ether oxygens (including phenoxy) is 1. The first-order valence-corrected chi connectivity index (χ1v) is 8.56. The first kappa shape index (κ1) is 16.4. The zero-order valence-corrected chi connectivity index (χ0v) is 14.1. The molecule has 3 unspecified atom stereocenters. The van der Waals surface area contributed by atoms with Crippen molar-refractivity contribution in [3.05, 3.63) is 29.8 Å². The van der Waals surface area contributed by atoms with Crippen LogP contribution in [0.5, 0.6) is 5.75 Å². The summed E-state index contributed by atoms with van der Waals surface area (Å²) in [7, 11) is 0. The van der Waals surface area contributed by atoms with E-state index in [9.17, 15) is 0 Å². The molecule has 0 saturated heterocycles. The lowest BCUT2D eigenvalue weighted by molar-refractivity contribution is 0.238. The summed E-state index contributed by atoms with van der Waals surface area (Å²) in [6.07, 6.45) is 4.04. The predicted octanol–water partition coefficient (Wildman–Crippen LogP) is 4.60. The highest BCUT2D eigenvalue weighted by Crippen LogP contribution is 2.40. The van der Waals surface area contributed by atoms with Gasteiger partial charge in [0.2, 0.25) is 0 Å². The van der Waals surface area contributed by atoms with Gasteiger partial charge >= 0.3 is 0 Å². The highest BCUT2D eigenvalue weighted by atomic mass is 16.5. The minimum atomic E-state index is 0.574. The van der Waals surface area contributed by atoms with Crippen molar-refractivity contribution in [2.75, 3.05) is 13.2 Å². The van der Waals surface area contributed by atoms with E-state index in [0.29, 0.717) is 12.0 Å². The minimum Gasteiger partial charge on any atom is -0.494 e. The topological polar surface area (TPSA) is 21.3 Å². The summed E-state index contributed by atoms with van der Waals surface area (Å²) in [6, 6.07) is 9.38. The third-order valence-corrected chi connectivity index (χ3v) is 4.66. The van der Waals surface area contributed by atoms with Crippen molar-refractivity contribution < 1.29 is 4.74 Å². The zero-order chi connectivity index (χ0) is 15.2. The molecule has 1 aliphatic rings. The highest BCUT2D eigenvalue weighted by Gasteiger charge is 2.29. The van der Waals surface area contributed by atoms with Crippen LogP contribution in [0.25, 0.3) is 0 Å². The third kappa shape index (κ3) is 4.74. The van der Waals surface area contributed by atoms with Crippen molar-refractivity contribution in [3.8, 4) is 5.75 Å². The Labute approximate surface area is 130 Å². The Hall–Kier alpha value is -1.02. The third-order valence-electron chi connectivity index (χ3n) is 4.66. The Kier molecular flexibility index (Phi) is 6.10. The molecule has 1 aromatic carbocycles. The molecule has 1 aliphatic carbocycles. The maximum absolute atomic E-state index is 5.56. The van der Waals surface area contributed by atoms with Crippen LogP contribution in [0.2, 0.25) is 0 Å². The van der Waals surface area contributed by atoms with E-state index in [1.807, 2.05) is 6.92 Å². The van der Waals surface area contributed by atoms with Gasteiger partial charge in [-0.25, -0.2) is 0 Å². The summed E-state index contributed by atoms with van der Waals surface area (Å²) >= 11 is 0. The van der Waals surface area contributed by atoms with Crippen LogP contribution in [0.15, 0.2) is 24.3 Å². The van der Waals surface area contributed by atoms with Crippen LogP contribution in [0.4, 0.5) is 0 Å². The number of hydrogen-bond acceptors (Lipinski definition) is 2. The molecule has 1 fully saturated rings. The largest absolute Gasteiger partial charge is 0.494 e. The molecule has 1 aromatic rings. The minimum absolute atomic E-state index is 0.574. The Balaban J connectivity index is 2.07. The van der Waals surface area contributed by atoms with Gasteiger partial charge in [-0.05, 0) is 61.8 Å². The molecule has 0 bridgehead atoms. The molecule has 0 radical (unpaired) electrons. The van der Waals surface area contributed by atoms with E-state index < -0.39 is 0 Å². The van der Waals surface area contributed by atoms with E-state index in [1.165, 1.54) is 24.8 Å². The highest BCUT2D eigenvalue weighted by molar-refractivity contribution is 5.30. The maximum atomic E-state index is 5.56. The smallest absolute Gasteiger partial charge is 0.119 e. The number of rotatable bonds is 6. The van der Waals surface area contributed by atoms with Gasteiger partial charge in [0.1, 0.15) is 5.75 Å². The quantitative estimate of drug-likeness (QED) is 0.826. The summed E-state index contributed by atoms with van der Waals surface area (Å²) in [6.45, 7) is 10.8. The van der Waals surface area contributed by atoms with E-state index in [1.54, 1.807) is 0 Å². The molecule has 2 rings (SSSR count). The Bertz CT molecular complexity index is 412. The van der Waals surface area contributed by atoms with Crippen LogP contribution >= 0.6 is 0 Å². The molecular formula is C19H31NO. The van der Waals surface area contributed by atoms with Crippen LogP contribution in [0.3, 0.4) is 0 Å². The van der Waals surface area contributed by atoms with Crippen LogP contribution in [-0.4, -0.2) is 19.2 Å². The monoisotopic (exact) mass is 289 g/mol. The number of benzene rings is 1. The van der Waals surface area contributed by atoms with Crippen molar-refractivity contribution in [2.24, 2.45) is 11.8 Å². The van der Waals surface area contributed by atoms with Gasteiger partial charge in [0.25, 0.3) is 0 Å². The molecule has 0 spiro atoms. The van der Waals surface area contributed by atoms with Crippen molar-refractivity contribution in [2.45, 2.75) is 58.9 Å². The molecule has 1 N–H and O–H groups in total. The van der Waals surface area contributed by atoms with Crippen LogP contribution < -0.4 is 10.1 Å². The van der Waals surface area contributed by atoms with Gasteiger partial charge in [-0.3, -0.25) is 0 Å². The van der Waals surface area contributed by atoms with Gasteiger partial charge < -0.3 is 10.1 Å². The fraction of sp³-hybridized carbons (Fsp3) is 0.684. The normalized spacial score (nSPS) is 26.0. The van der Waals surface area contributed by atoms with Gasteiger partial charge in [0.05, 0.1) is 6.61 Å². The Morgan fingerprint density at radius 1 is 1.19 bits per heavy atom. The summed E-state index contributed by atoms with van der Waals surface area (Å²) in [4.78, 5) is 0. The van der Waals surface area contributed by atoms with Crippen molar-refractivity contribution >= 4 is 0 Å². The lowest BCUT2D eigenvalue weighted by atomic mass is 9.71. The molecular weight excluding hydrogens is 258 g/mol.